The highest BCUT2D eigenvalue weighted by atomic mass is 16.2. The summed E-state index contributed by atoms with van der Waals surface area (Å²) in [6, 6.07) is 7.35. The van der Waals surface area contributed by atoms with Crippen LogP contribution in [0.25, 0.3) is 5.65 Å². The SMILES string of the molecule is Cc1cc(C)cc(NC(=O)NC(C)c2nnc3cc(C(C)(C)C)[nH]n23)c1. The van der Waals surface area contributed by atoms with Crippen LogP contribution in [0.4, 0.5) is 10.5 Å². The first kappa shape index (κ1) is 18.0. The molecule has 0 aliphatic rings. The number of urea groups is 1. The lowest BCUT2D eigenvalue weighted by Crippen LogP contribution is -2.32. The number of nitrogens with zero attached hydrogens (tertiary/aromatic N) is 3. The first-order valence-corrected chi connectivity index (χ1v) is 8.74. The molecule has 2 amide bonds. The van der Waals surface area contributed by atoms with Crippen molar-refractivity contribution in [3.05, 3.63) is 46.9 Å². The number of hydrogen-bond acceptors (Lipinski definition) is 3. The number of amides is 2. The molecule has 0 saturated heterocycles. The van der Waals surface area contributed by atoms with E-state index in [1.165, 1.54) is 0 Å². The van der Waals surface area contributed by atoms with Gasteiger partial charge in [-0.25, -0.2) is 9.31 Å². The average molecular weight is 354 g/mol. The Morgan fingerprint density at radius 2 is 1.77 bits per heavy atom. The van der Waals surface area contributed by atoms with Gasteiger partial charge in [-0.2, -0.15) is 0 Å². The summed E-state index contributed by atoms with van der Waals surface area (Å²) >= 11 is 0. The van der Waals surface area contributed by atoms with E-state index in [0.717, 1.165) is 28.2 Å². The second-order valence-electron chi connectivity index (χ2n) is 7.87. The highest BCUT2D eigenvalue weighted by molar-refractivity contribution is 5.89. The molecular formula is C19H26N6O. The van der Waals surface area contributed by atoms with Crippen molar-refractivity contribution in [3.63, 3.8) is 0 Å². The number of benzene rings is 1. The van der Waals surface area contributed by atoms with E-state index in [0.29, 0.717) is 5.82 Å². The highest BCUT2D eigenvalue weighted by Gasteiger charge is 2.21. The molecule has 0 fully saturated rings. The molecule has 0 aliphatic carbocycles. The molecule has 0 radical (unpaired) electrons. The van der Waals surface area contributed by atoms with Crippen molar-refractivity contribution in [1.29, 1.82) is 0 Å². The molecule has 2 heterocycles. The maximum absolute atomic E-state index is 12.4. The van der Waals surface area contributed by atoms with Gasteiger partial charge in [0.25, 0.3) is 0 Å². The summed E-state index contributed by atoms with van der Waals surface area (Å²) in [4.78, 5) is 12.4. The van der Waals surface area contributed by atoms with Crippen LogP contribution in [0.15, 0.2) is 24.3 Å². The maximum Gasteiger partial charge on any atom is 0.319 e. The lowest BCUT2D eigenvalue weighted by atomic mass is 9.93. The summed E-state index contributed by atoms with van der Waals surface area (Å²) in [6.07, 6.45) is 0. The summed E-state index contributed by atoms with van der Waals surface area (Å²) in [7, 11) is 0. The van der Waals surface area contributed by atoms with E-state index in [1.807, 2.05) is 43.5 Å². The number of aryl methyl sites for hydroxylation is 2. The molecule has 0 saturated carbocycles. The van der Waals surface area contributed by atoms with Gasteiger partial charge >= 0.3 is 6.03 Å². The van der Waals surface area contributed by atoms with E-state index in [-0.39, 0.29) is 17.5 Å². The lowest BCUT2D eigenvalue weighted by Gasteiger charge is -2.16. The van der Waals surface area contributed by atoms with Gasteiger partial charge in [0.2, 0.25) is 0 Å². The van der Waals surface area contributed by atoms with Crippen LogP contribution in [0, 0.1) is 13.8 Å². The molecule has 26 heavy (non-hydrogen) atoms. The largest absolute Gasteiger partial charge is 0.328 e. The molecule has 0 bridgehead atoms. The van der Waals surface area contributed by atoms with Crippen LogP contribution in [-0.2, 0) is 5.41 Å². The lowest BCUT2D eigenvalue weighted by molar-refractivity contribution is 0.249. The fourth-order valence-corrected chi connectivity index (χ4v) is 2.94. The van der Waals surface area contributed by atoms with Crippen molar-refractivity contribution in [2.75, 3.05) is 5.32 Å². The minimum absolute atomic E-state index is 0.0188. The molecular weight excluding hydrogens is 328 g/mol. The Hall–Kier alpha value is -2.83. The zero-order valence-corrected chi connectivity index (χ0v) is 16.1. The molecule has 0 aliphatic heterocycles. The van der Waals surface area contributed by atoms with E-state index in [4.69, 9.17) is 0 Å². The van der Waals surface area contributed by atoms with Gasteiger partial charge in [0, 0.05) is 22.9 Å². The summed E-state index contributed by atoms with van der Waals surface area (Å²) in [5.41, 5.74) is 4.77. The number of hydrogen-bond donors (Lipinski definition) is 3. The predicted molar refractivity (Wildman–Crippen MR) is 103 cm³/mol. The number of anilines is 1. The first-order chi connectivity index (χ1) is 12.1. The monoisotopic (exact) mass is 354 g/mol. The summed E-state index contributed by atoms with van der Waals surface area (Å²) < 4.78 is 1.82. The van der Waals surface area contributed by atoms with Crippen molar-refractivity contribution in [1.82, 2.24) is 25.1 Å². The van der Waals surface area contributed by atoms with E-state index in [9.17, 15) is 4.79 Å². The van der Waals surface area contributed by atoms with E-state index >= 15 is 0 Å². The number of rotatable bonds is 3. The number of carbonyl (C=O) groups excluding carboxylic acids is 1. The fourth-order valence-electron chi connectivity index (χ4n) is 2.94. The maximum atomic E-state index is 12.4. The van der Waals surface area contributed by atoms with Gasteiger partial charge in [-0.05, 0) is 44.0 Å². The van der Waals surface area contributed by atoms with Gasteiger partial charge in [0.05, 0.1) is 6.04 Å². The van der Waals surface area contributed by atoms with E-state index in [1.54, 1.807) is 0 Å². The van der Waals surface area contributed by atoms with Gasteiger partial charge in [0.15, 0.2) is 11.5 Å². The number of carbonyl (C=O) groups is 1. The Kier molecular flexibility index (Phi) is 4.48. The molecule has 1 aromatic carbocycles. The van der Waals surface area contributed by atoms with Crippen LogP contribution in [0.3, 0.4) is 0 Å². The van der Waals surface area contributed by atoms with Gasteiger partial charge in [0.1, 0.15) is 0 Å². The van der Waals surface area contributed by atoms with Crippen molar-refractivity contribution in [2.24, 2.45) is 0 Å². The molecule has 7 nitrogen and oxygen atoms in total. The van der Waals surface area contributed by atoms with E-state index in [2.05, 4.69) is 52.8 Å². The topological polar surface area (TPSA) is 87.1 Å². The molecule has 138 valence electrons. The van der Waals surface area contributed by atoms with Crippen LogP contribution >= 0.6 is 0 Å². The third-order valence-electron chi connectivity index (χ3n) is 4.24. The van der Waals surface area contributed by atoms with Gasteiger partial charge < -0.3 is 10.6 Å². The first-order valence-electron chi connectivity index (χ1n) is 8.74. The molecule has 0 spiro atoms. The van der Waals surface area contributed by atoms with Crippen molar-refractivity contribution < 1.29 is 4.79 Å². The molecule has 7 heteroatoms. The normalized spacial score (nSPS) is 13.0. The smallest absolute Gasteiger partial charge is 0.319 e. The van der Waals surface area contributed by atoms with Crippen LogP contribution in [0.2, 0.25) is 0 Å². The van der Waals surface area contributed by atoms with Crippen LogP contribution in [0.1, 0.15) is 56.4 Å². The van der Waals surface area contributed by atoms with Gasteiger partial charge in [-0.15, -0.1) is 10.2 Å². The number of H-pyrrole nitrogens is 1. The summed E-state index contributed by atoms with van der Waals surface area (Å²) in [5.74, 6) is 0.658. The summed E-state index contributed by atoms with van der Waals surface area (Å²) in [5, 5.41) is 17.5. The minimum atomic E-state index is -0.303. The average Bonchev–Trinajstić information content (AvgIpc) is 3.04. The molecule has 1 atom stereocenters. The van der Waals surface area contributed by atoms with Gasteiger partial charge in [-0.3, -0.25) is 5.10 Å². The Morgan fingerprint density at radius 1 is 1.12 bits per heavy atom. The Labute approximate surface area is 153 Å². The quantitative estimate of drug-likeness (QED) is 0.667. The summed E-state index contributed by atoms with van der Waals surface area (Å²) in [6.45, 7) is 12.3. The fraction of sp³-hybridized carbons (Fsp3) is 0.421. The molecule has 3 N–H and O–H groups in total. The standard InChI is InChI=1S/C19H26N6O/c1-11-7-12(2)9-14(8-11)21-18(26)20-13(3)17-23-22-16-10-15(19(4,5)6)24-25(16)17/h7-10,13,24H,1-6H3,(H2,20,21,26). The predicted octanol–water partition coefficient (Wildman–Crippen LogP) is 3.85. The van der Waals surface area contributed by atoms with Crippen molar-refractivity contribution in [2.45, 2.75) is 53.0 Å². The zero-order valence-electron chi connectivity index (χ0n) is 16.1. The van der Waals surface area contributed by atoms with Crippen LogP contribution in [-0.4, -0.2) is 25.8 Å². The highest BCUT2D eigenvalue weighted by Crippen LogP contribution is 2.23. The van der Waals surface area contributed by atoms with E-state index < -0.39 is 0 Å². The third kappa shape index (κ3) is 3.71. The number of aromatic amines is 1. The Balaban J connectivity index is 1.75. The van der Waals surface area contributed by atoms with Crippen molar-refractivity contribution >= 4 is 17.4 Å². The number of aromatic nitrogens is 4. The van der Waals surface area contributed by atoms with Gasteiger partial charge in [-0.1, -0.05) is 26.8 Å². The third-order valence-corrected chi connectivity index (χ3v) is 4.24. The number of fused-ring (bicyclic) bond motifs is 1. The molecule has 3 rings (SSSR count). The van der Waals surface area contributed by atoms with Crippen LogP contribution in [0.5, 0.6) is 0 Å². The van der Waals surface area contributed by atoms with Crippen molar-refractivity contribution in [3.8, 4) is 0 Å². The Morgan fingerprint density at radius 3 is 2.38 bits per heavy atom. The molecule has 1 unspecified atom stereocenters. The molecule has 3 aromatic rings. The molecule has 2 aromatic heterocycles. The zero-order chi connectivity index (χ0) is 19.1. The second-order valence-corrected chi connectivity index (χ2v) is 7.87. The van der Waals surface area contributed by atoms with Crippen LogP contribution < -0.4 is 10.6 Å². The number of nitrogens with one attached hydrogen (secondary N) is 3. The second kappa shape index (κ2) is 6.48. The Bertz CT molecular complexity index is 926. The minimum Gasteiger partial charge on any atom is -0.328 e.